The van der Waals surface area contributed by atoms with E-state index in [-0.39, 0.29) is 36.2 Å². The average molecular weight is 481 g/mol. The van der Waals surface area contributed by atoms with Gasteiger partial charge in [-0.2, -0.15) is 0 Å². The van der Waals surface area contributed by atoms with E-state index in [1.54, 1.807) is 5.38 Å². The van der Waals surface area contributed by atoms with Gasteiger partial charge in [-0.3, -0.25) is 19.7 Å². The molecular formula is C24H24N4O5S. The number of thiazole rings is 1. The largest absolute Gasteiger partial charge is 0.486 e. The van der Waals surface area contributed by atoms with E-state index in [2.05, 4.69) is 15.6 Å². The molecule has 1 aliphatic carbocycles. The van der Waals surface area contributed by atoms with Gasteiger partial charge in [0.1, 0.15) is 23.1 Å². The summed E-state index contributed by atoms with van der Waals surface area (Å²) in [5, 5.41) is 19.2. The summed E-state index contributed by atoms with van der Waals surface area (Å²) in [5.74, 6) is 0.122. The molecule has 10 heteroatoms. The van der Waals surface area contributed by atoms with Crippen LogP contribution in [0, 0.1) is 10.1 Å². The zero-order valence-electron chi connectivity index (χ0n) is 18.3. The van der Waals surface area contributed by atoms with Gasteiger partial charge in [0, 0.05) is 35.2 Å². The monoisotopic (exact) mass is 480 g/mol. The van der Waals surface area contributed by atoms with Crippen LogP contribution in [-0.2, 0) is 6.61 Å². The highest BCUT2D eigenvalue weighted by Gasteiger charge is 2.29. The van der Waals surface area contributed by atoms with Crippen LogP contribution in [0.15, 0.2) is 60.0 Å². The van der Waals surface area contributed by atoms with Crippen molar-refractivity contribution in [3.63, 3.8) is 0 Å². The molecule has 1 saturated carbocycles. The third kappa shape index (κ3) is 5.96. The van der Waals surface area contributed by atoms with Crippen molar-refractivity contribution in [1.29, 1.82) is 0 Å². The van der Waals surface area contributed by atoms with Crippen LogP contribution < -0.4 is 15.4 Å². The molecule has 4 rings (SSSR count). The highest BCUT2D eigenvalue weighted by atomic mass is 32.1. The molecule has 0 spiro atoms. The molecule has 3 aromatic rings. The van der Waals surface area contributed by atoms with Gasteiger partial charge in [0.2, 0.25) is 0 Å². The Morgan fingerprint density at radius 2 is 1.65 bits per heavy atom. The van der Waals surface area contributed by atoms with Gasteiger partial charge in [-0.25, -0.2) is 4.98 Å². The van der Waals surface area contributed by atoms with Crippen molar-refractivity contribution in [1.82, 2.24) is 15.6 Å². The maximum atomic E-state index is 12.8. The fraction of sp³-hybridized carbons (Fsp3) is 0.292. The Hall–Kier alpha value is -3.79. The SMILES string of the molecule is O=C(N[C@@H]1CCCC[C@H]1NC(=O)c1csc(COc2ccccc2)n1)c1ccc([N+](=O)[O-])cc1. The summed E-state index contributed by atoms with van der Waals surface area (Å²) in [6.45, 7) is 0.277. The van der Waals surface area contributed by atoms with Gasteiger partial charge < -0.3 is 15.4 Å². The molecule has 176 valence electrons. The Labute approximate surface area is 200 Å². The number of non-ortho nitro benzene ring substituents is 1. The molecule has 2 amide bonds. The molecule has 34 heavy (non-hydrogen) atoms. The summed E-state index contributed by atoms with van der Waals surface area (Å²) < 4.78 is 5.69. The van der Waals surface area contributed by atoms with Crippen LogP contribution in [0.1, 0.15) is 51.5 Å². The van der Waals surface area contributed by atoms with Crippen LogP contribution >= 0.6 is 11.3 Å². The molecule has 1 aliphatic rings. The highest BCUT2D eigenvalue weighted by molar-refractivity contribution is 7.09. The summed E-state index contributed by atoms with van der Waals surface area (Å²) in [5.41, 5.74) is 0.586. The minimum atomic E-state index is -0.508. The van der Waals surface area contributed by atoms with E-state index in [0.29, 0.717) is 16.3 Å². The molecule has 2 aromatic carbocycles. The third-order valence-electron chi connectivity index (χ3n) is 5.63. The predicted octanol–water partition coefficient (Wildman–Crippen LogP) is 4.10. The topological polar surface area (TPSA) is 123 Å². The van der Waals surface area contributed by atoms with E-state index >= 15 is 0 Å². The van der Waals surface area contributed by atoms with E-state index in [1.165, 1.54) is 35.6 Å². The van der Waals surface area contributed by atoms with Crippen molar-refractivity contribution in [2.24, 2.45) is 0 Å². The second-order valence-electron chi connectivity index (χ2n) is 7.98. The lowest BCUT2D eigenvalue weighted by molar-refractivity contribution is -0.384. The van der Waals surface area contributed by atoms with E-state index < -0.39 is 4.92 Å². The Morgan fingerprint density at radius 3 is 2.29 bits per heavy atom. The summed E-state index contributed by atoms with van der Waals surface area (Å²) in [6, 6.07) is 14.4. The lowest BCUT2D eigenvalue weighted by atomic mass is 9.90. The van der Waals surface area contributed by atoms with Gasteiger partial charge >= 0.3 is 0 Å². The van der Waals surface area contributed by atoms with Gasteiger partial charge in [-0.05, 0) is 37.1 Å². The van der Waals surface area contributed by atoms with Crippen LogP contribution in [0.2, 0.25) is 0 Å². The summed E-state index contributed by atoms with van der Waals surface area (Å²) in [4.78, 5) is 40.2. The van der Waals surface area contributed by atoms with Crippen molar-refractivity contribution in [2.45, 2.75) is 44.4 Å². The number of hydrogen-bond donors (Lipinski definition) is 2. The second kappa shape index (κ2) is 10.9. The number of nitrogens with zero attached hydrogens (tertiary/aromatic N) is 2. The number of carbonyl (C=O) groups excluding carboxylic acids is 2. The fourth-order valence-electron chi connectivity index (χ4n) is 3.85. The number of carbonyl (C=O) groups is 2. The molecule has 2 N–H and O–H groups in total. The Bertz CT molecular complexity index is 1150. The molecule has 0 aliphatic heterocycles. The van der Waals surface area contributed by atoms with Crippen LogP contribution in [0.5, 0.6) is 5.75 Å². The second-order valence-corrected chi connectivity index (χ2v) is 8.92. The molecule has 0 bridgehead atoms. The summed E-state index contributed by atoms with van der Waals surface area (Å²) >= 11 is 1.36. The fourth-order valence-corrected chi connectivity index (χ4v) is 4.53. The quantitative estimate of drug-likeness (QED) is 0.370. The van der Waals surface area contributed by atoms with E-state index in [9.17, 15) is 19.7 Å². The maximum absolute atomic E-state index is 12.8. The number of rotatable bonds is 8. The first-order chi connectivity index (χ1) is 16.5. The van der Waals surface area contributed by atoms with Crippen molar-refractivity contribution in [3.8, 4) is 5.75 Å². The normalized spacial score (nSPS) is 17.5. The van der Waals surface area contributed by atoms with Crippen LogP contribution in [0.25, 0.3) is 0 Å². The number of para-hydroxylation sites is 1. The van der Waals surface area contributed by atoms with Gasteiger partial charge in [-0.1, -0.05) is 31.0 Å². The maximum Gasteiger partial charge on any atom is 0.271 e. The molecule has 2 atom stereocenters. The molecule has 0 radical (unpaired) electrons. The molecule has 9 nitrogen and oxygen atoms in total. The summed E-state index contributed by atoms with van der Waals surface area (Å²) in [6.07, 6.45) is 3.36. The first kappa shape index (κ1) is 23.4. The Kier molecular flexibility index (Phi) is 7.48. The standard InChI is InChI=1S/C24H24N4O5S/c29-23(16-10-12-17(13-11-16)28(31)32)26-19-8-4-5-9-20(19)27-24(30)21-15-34-22(25-21)14-33-18-6-2-1-3-7-18/h1-3,6-7,10-13,15,19-20H,4-5,8-9,14H2,(H,26,29)(H,27,30)/t19-,20-/m1/s1. The van der Waals surface area contributed by atoms with E-state index in [0.717, 1.165) is 31.4 Å². The van der Waals surface area contributed by atoms with Crippen LogP contribution in [0.3, 0.4) is 0 Å². The number of nitro benzene ring substituents is 1. The zero-order valence-corrected chi connectivity index (χ0v) is 19.1. The Balaban J connectivity index is 1.34. The number of nitrogens with one attached hydrogen (secondary N) is 2. The molecule has 0 saturated heterocycles. The first-order valence-electron chi connectivity index (χ1n) is 11.0. The molecule has 1 aromatic heterocycles. The van der Waals surface area contributed by atoms with Crippen molar-refractivity contribution in [2.75, 3.05) is 0 Å². The zero-order chi connectivity index (χ0) is 23.9. The van der Waals surface area contributed by atoms with Crippen molar-refractivity contribution < 1.29 is 19.2 Å². The molecule has 1 fully saturated rings. The van der Waals surface area contributed by atoms with Crippen molar-refractivity contribution in [3.05, 3.63) is 86.4 Å². The van der Waals surface area contributed by atoms with Crippen molar-refractivity contribution >= 4 is 28.8 Å². The highest BCUT2D eigenvalue weighted by Crippen LogP contribution is 2.21. The summed E-state index contributed by atoms with van der Waals surface area (Å²) in [7, 11) is 0. The lowest BCUT2D eigenvalue weighted by Gasteiger charge is -2.32. The number of nitro groups is 1. The average Bonchev–Trinajstić information content (AvgIpc) is 3.34. The molecule has 1 heterocycles. The van der Waals surface area contributed by atoms with E-state index in [4.69, 9.17) is 4.74 Å². The predicted molar refractivity (Wildman–Crippen MR) is 127 cm³/mol. The van der Waals surface area contributed by atoms with Gasteiger partial charge in [0.05, 0.1) is 4.92 Å². The number of hydrogen-bond acceptors (Lipinski definition) is 7. The smallest absolute Gasteiger partial charge is 0.271 e. The lowest BCUT2D eigenvalue weighted by Crippen LogP contribution is -2.53. The van der Waals surface area contributed by atoms with Gasteiger partial charge in [-0.15, -0.1) is 11.3 Å². The number of aromatic nitrogens is 1. The van der Waals surface area contributed by atoms with E-state index in [1.807, 2.05) is 30.3 Å². The minimum Gasteiger partial charge on any atom is -0.486 e. The number of benzene rings is 2. The van der Waals surface area contributed by atoms with Gasteiger partial charge in [0.15, 0.2) is 0 Å². The van der Waals surface area contributed by atoms with Crippen LogP contribution in [0.4, 0.5) is 5.69 Å². The first-order valence-corrected chi connectivity index (χ1v) is 11.9. The van der Waals surface area contributed by atoms with Crippen LogP contribution in [-0.4, -0.2) is 33.8 Å². The third-order valence-corrected chi connectivity index (χ3v) is 6.45. The van der Waals surface area contributed by atoms with Gasteiger partial charge in [0.25, 0.3) is 17.5 Å². The minimum absolute atomic E-state index is 0.0730. The number of amides is 2. The Morgan fingerprint density at radius 1 is 1.00 bits per heavy atom. The number of ether oxygens (including phenoxy) is 1. The molecular weight excluding hydrogens is 456 g/mol. The molecule has 0 unspecified atom stereocenters.